The predicted molar refractivity (Wildman–Crippen MR) is 98.0 cm³/mol. The number of anilines is 1. The Balaban J connectivity index is 1.75. The Hall–Kier alpha value is -2.25. The van der Waals surface area contributed by atoms with E-state index in [1.807, 2.05) is 36.5 Å². The summed E-state index contributed by atoms with van der Waals surface area (Å²) in [5, 5.41) is 7.45. The third kappa shape index (κ3) is 6.28. The zero-order valence-corrected chi connectivity index (χ0v) is 15.1. The van der Waals surface area contributed by atoms with Gasteiger partial charge in [0, 0.05) is 30.0 Å². The summed E-state index contributed by atoms with van der Waals surface area (Å²) in [6, 6.07) is 9.78. The van der Waals surface area contributed by atoms with E-state index in [1.54, 1.807) is 17.4 Å². The van der Waals surface area contributed by atoms with Gasteiger partial charge in [-0.3, -0.25) is 9.59 Å². The molecule has 0 radical (unpaired) electrons. The predicted octanol–water partition coefficient (Wildman–Crippen LogP) is 3.03. The van der Waals surface area contributed by atoms with E-state index in [4.69, 9.17) is 0 Å². The van der Waals surface area contributed by atoms with E-state index in [0.717, 1.165) is 0 Å². The summed E-state index contributed by atoms with van der Waals surface area (Å²) in [5.41, 5.74) is 0.385. The molecule has 0 aliphatic rings. The van der Waals surface area contributed by atoms with Crippen molar-refractivity contribution in [3.8, 4) is 0 Å². The zero-order chi connectivity index (χ0) is 18.2. The Kier molecular flexibility index (Phi) is 7.09. The molecule has 0 aliphatic carbocycles. The number of amides is 2. The van der Waals surface area contributed by atoms with E-state index in [-0.39, 0.29) is 30.7 Å². The molecule has 1 heterocycles. The number of hydrogen-bond acceptors (Lipinski definition) is 4. The molecule has 0 saturated carbocycles. The number of thiophene rings is 1. The highest BCUT2D eigenvalue weighted by Gasteiger charge is 2.16. The summed E-state index contributed by atoms with van der Waals surface area (Å²) in [7, 11) is 3.92. The number of nitrogens with one attached hydrogen (secondary N) is 2. The molecular formula is C18H22FN3O2S. The van der Waals surface area contributed by atoms with Crippen LogP contribution in [0, 0.1) is 5.82 Å². The summed E-state index contributed by atoms with van der Waals surface area (Å²) < 4.78 is 13.1. The van der Waals surface area contributed by atoms with Crippen molar-refractivity contribution in [3.63, 3.8) is 0 Å². The van der Waals surface area contributed by atoms with Crippen molar-refractivity contribution in [2.45, 2.75) is 18.9 Å². The summed E-state index contributed by atoms with van der Waals surface area (Å²) in [6.45, 7) is 0.484. The molecule has 0 bridgehead atoms. The number of nitrogens with zero attached hydrogens (tertiary/aromatic N) is 1. The van der Waals surface area contributed by atoms with Gasteiger partial charge in [0.15, 0.2) is 0 Å². The Bertz CT molecular complexity index is 704. The summed E-state index contributed by atoms with van der Waals surface area (Å²) in [5.74, 6) is -0.917. The molecule has 0 spiro atoms. The van der Waals surface area contributed by atoms with Gasteiger partial charge in [-0.1, -0.05) is 12.1 Å². The smallest absolute Gasteiger partial charge is 0.224 e. The maximum Gasteiger partial charge on any atom is 0.224 e. The van der Waals surface area contributed by atoms with Crippen molar-refractivity contribution in [1.82, 2.24) is 10.2 Å². The maximum absolute atomic E-state index is 13.1. The summed E-state index contributed by atoms with van der Waals surface area (Å²) in [6.07, 6.45) is 0.139. The van der Waals surface area contributed by atoms with Gasteiger partial charge in [0.05, 0.1) is 6.04 Å². The van der Waals surface area contributed by atoms with Gasteiger partial charge in [-0.05, 0) is 43.7 Å². The molecule has 134 valence electrons. The normalized spacial score (nSPS) is 12.0. The highest BCUT2D eigenvalue weighted by atomic mass is 32.1. The SMILES string of the molecule is CN(C)C(CNC(=O)CCC(=O)Nc1cccc(F)c1)c1cccs1. The quantitative estimate of drug-likeness (QED) is 0.758. The topological polar surface area (TPSA) is 61.4 Å². The minimum atomic E-state index is -0.418. The van der Waals surface area contributed by atoms with Gasteiger partial charge in [-0.25, -0.2) is 4.39 Å². The molecule has 7 heteroatoms. The van der Waals surface area contributed by atoms with Gasteiger partial charge in [0.1, 0.15) is 5.82 Å². The van der Waals surface area contributed by atoms with Crippen molar-refractivity contribution >= 4 is 28.8 Å². The molecule has 5 nitrogen and oxygen atoms in total. The van der Waals surface area contributed by atoms with Crippen LogP contribution < -0.4 is 10.6 Å². The third-order valence-electron chi connectivity index (χ3n) is 3.68. The average molecular weight is 363 g/mol. The summed E-state index contributed by atoms with van der Waals surface area (Å²) >= 11 is 1.64. The van der Waals surface area contributed by atoms with E-state index in [9.17, 15) is 14.0 Å². The molecule has 0 aliphatic heterocycles. The van der Waals surface area contributed by atoms with Gasteiger partial charge in [0.25, 0.3) is 0 Å². The zero-order valence-electron chi connectivity index (χ0n) is 14.3. The largest absolute Gasteiger partial charge is 0.354 e. The first-order valence-electron chi connectivity index (χ1n) is 7.97. The molecule has 1 unspecified atom stereocenters. The number of carbonyl (C=O) groups excluding carboxylic acids is 2. The van der Waals surface area contributed by atoms with Crippen LogP contribution in [0.15, 0.2) is 41.8 Å². The van der Waals surface area contributed by atoms with Crippen LogP contribution in [0.2, 0.25) is 0 Å². The van der Waals surface area contributed by atoms with Crippen molar-refractivity contribution in [1.29, 1.82) is 0 Å². The first kappa shape index (κ1) is 19.1. The number of benzene rings is 1. The summed E-state index contributed by atoms with van der Waals surface area (Å²) in [4.78, 5) is 27.0. The monoisotopic (exact) mass is 363 g/mol. The first-order valence-corrected chi connectivity index (χ1v) is 8.85. The van der Waals surface area contributed by atoms with Gasteiger partial charge >= 0.3 is 0 Å². The molecule has 0 saturated heterocycles. The molecule has 2 rings (SSSR count). The van der Waals surface area contributed by atoms with E-state index in [2.05, 4.69) is 10.6 Å². The molecule has 2 N–H and O–H groups in total. The van der Waals surface area contributed by atoms with E-state index in [0.29, 0.717) is 12.2 Å². The van der Waals surface area contributed by atoms with Crippen molar-refractivity contribution < 1.29 is 14.0 Å². The molecule has 1 aromatic carbocycles. The standard InChI is InChI=1S/C18H22FN3O2S/c1-22(2)15(16-7-4-10-25-16)12-20-17(23)8-9-18(24)21-14-6-3-5-13(19)11-14/h3-7,10-11,15H,8-9,12H2,1-2H3,(H,20,23)(H,21,24). The van der Waals surface area contributed by atoms with Crippen LogP contribution in [0.25, 0.3) is 0 Å². The van der Waals surface area contributed by atoms with Crippen LogP contribution >= 0.6 is 11.3 Å². The van der Waals surface area contributed by atoms with E-state index >= 15 is 0 Å². The minimum Gasteiger partial charge on any atom is -0.354 e. The Morgan fingerprint density at radius 1 is 1.16 bits per heavy atom. The number of hydrogen-bond donors (Lipinski definition) is 2. The van der Waals surface area contributed by atoms with Crippen LogP contribution in [0.5, 0.6) is 0 Å². The second-order valence-electron chi connectivity index (χ2n) is 5.86. The van der Waals surface area contributed by atoms with Crippen LogP contribution in [0.4, 0.5) is 10.1 Å². The lowest BCUT2D eigenvalue weighted by atomic mass is 10.2. The second-order valence-corrected chi connectivity index (χ2v) is 6.84. The lowest BCUT2D eigenvalue weighted by Gasteiger charge is -2.23. The second kappa shape index (κ2) is 9.29. The van der Waals surface area contributed by atoms with Gasteiger partial charge in [-0.15, -0.1) is 11.3 Å². The van der Waals surface area contributed by atoms with Crippen LogP contribution in [-0.4, -0.2) is 37.4 Å². The average Bonchev–Trinajstić information content (AvgIpc) is 3.07. The van der Waals surface area contributed by atoms with Crippen LogP contribution in [-0.2, 0) is 9.59 Å². The molecule has 25 heavy (non-hydrogen) atoms. The van der Waals surface area contributed by atoms with E-state index < -0.39 is 5.82 Å². The number of halogens is 1. The molecule has 1 aromatic heterocycles. The molecular weight excluding hydrogens is 341 g/mol. The maximum atomic E-state index is 13.1. The highest BCUT2D eigenvalue weighted by molar-refractivity contribution is 7.10. The lowest BCUT2D eigenvalue weighted by Crippen LogP contribution is -2.34. The fourth-order valence-electron chi connectivity index (χ4n) is 2.33. The van der Waals surface area contributed by atoms with Crippen molar-refractivity contribution in [2.75, 3.05) is 26.0 Å². The highest BCUT2D eigenvalue weighted by Crippen LogP contribution is 2.22. The Labute approximate surface area is 150 Å². The fraction of sp³-hybridized carbons (Fsp3) is 0.333. The van der Waals surface area contributed by atoms with Gasteiger partial charge in [-0.2, -0.15) is 0 Å². The van der Waals surface area contributed by atoms with Gasteiger partial charge < -0.3 is 15.5 Å². The Morgan fingerprint density at radius 3 is 2.56 bits per heavy atom. The van der Waals surface area contributed by atoms with Crippen LogP contribution in [0.1, 0.15) is 23.8 Å². The molecule has 1 atom stereocenters. The molecule has 2 aromatic rings. The third-order valence-corrected chi connectivity index (χ3v) is 4.65. The van der Waals surface area contributed by atoms with Gasteiger partial charge in [0.2, 0.25) is 11.8 Å². The first-order chi connectivity index (χ1) is 12.0. The van der Waals surface area contributed by atoms with Crippen molar-refractivity contribution in [2.24, 2.45) is 0 Å². The van der Waals surface area contributed by atoms with E-state index in [1.165, 1.54) is 23.1 Å². The molecule has 0 fully saturated rings. The Morgan fingerprint density at radius 2 is 1.92 bits per heavy atom. The lowest BCUT2D eigenvalue weighted by molar-refractivity contribution is -0.124. The minimum absolute atomic E-state index is 0.0496. The number of carbonyl (C=O) groups is 2. The number of likely N-dealkylation sites (N-methyl/N-ethyl adjacent to an activating group) is 1. The van der Waals surface area contributed by atoms with Crippen molar-refractivity contribution in [3.05, 3.63) is 52.5 Å². The fourth-order valence-corrected chi connectivity index (χ4v) is 3.26. The number of rotatable bonds is 8. The van der Waals surface area contributed by atoms with Crippen LogP contribution in [0.3, 0.4) is 0 Å². The molecule has 2 amide bonds.